The van der Waals surface area contributed by atoms with Gasteiger partial charge >= 0.3 is 0 Å². The Balaban J connectivity index is 2.12. The third-order valence-electron chi connectivity index (χ3n) is 1.91. The van der Waals surface area contributed by atoms with Crippen molar-refractivity contribution in [2.45, 2.75) is 12.8 Å². The Hall–Kier alpha value is -0.740. The Bertz CT molecular complexity index is 328. The third-order valence-corrected chi connectivity index (χ3v) is 2.33. The van der Waals surface area contributed by atoms with Gasteiger partial charge < -0.3 is 10.6 Å². The van der Waals surface area contributed by atoms with Crippen molar-refractivity contribution in [1.82, 2.24) is 5.32 Å². The SMILES string of the molecule is CNCCCCNc1cc(=O)c1=S. The lowest BCUT2D eigenvalue weighted by Crippen LogP contribution is -2.14. The van der Waals surface area contributed by atoms with Crippen LogP contribution in [-0.4, -0.2) is 20.1 Å². The molecule has 4 heteroatoms. The minimum Gasteiger partial charge on any atom is -0.384 e. The van der Waals surface area contributed by atoms with Gasteiger partial charge in [0.15, 0.2) is 0 Å². The van der Waals surface area contributed by atoms with E-state index in [0.717, 1.165) is 31.6 Å². The van der Waals surface area contributed by atoms with Crippen molar-refractivity contribution in [2.24, 2.45) is 0 Å². The van der Waals surface area contributed by atoms with Gasteiger partial charge in [-0.1, -0.05) is 12.2 Å². The summed E-state index contributed by atoms with van der Waals surface area (Å²) in [6, 6.07) is 1.56. The van der Waals surface area contributed by atoms with E-state index < -0.39 is 0 Å². The summed E-state index contributed by atoms with van der Waals surface area (Å²) in [5.41, 5.74) is 0.817. The molecule has 0 spiro atoms. The fourth-order valence-corrected chi connectivity index (χ4v) is 1.29. The standard InChI is InChI=1S/C9H14N2OS/c1-10-4-2-3-5-11-7-6-8(12)9(7)13/h6,10-11H,2-5H2,1H3. The number of anilines is 1. The Morgan fingerprint density at radius 2 is 2.08 bits per heavy atom. The molecule has 0 radical (unpaired) electrons. The smallest absolute Gasteiger partial charge is 0.200 e. The first-order chi connectivity index (χ1) is 6.25. The molecular weight excluding hydrogens is 184 g/mol. The van der Waals surface area contributed by atoms with Gasteiger partial charge in [0.05, 0.1) is 5.69 Å². The molecule has 3 nitrogen and oxygen atoms in total. The molecule has 0 heterocycles. The zero-order chi connectivity index (χ0) is 9.68. The highest BCUT2D eigenvalue weighted by Gasteiger charge is 2.03. The van der Waals surface area contributed by atoms with E-state index in [4.69, 9.17) is 12.2 Å². The van der Waals surface area contributed by atoms with Crippen LogP contribution in [0.5, 0.6) is 0 Å². The quantitative estimate of drug-likeness (QED) is 0.530. The van der Waals surface area contributed by atoms with Crippen LogP contribution in [0.1, 0.15) is 12.8 Å². The normalized spacial score (nSPS) is 10.5. The van der Waals surface area contributed by atoms with Gasteiger partial charge in [-0.2, -0.15) is 0 Å². The topological polar surface area (TPSA) is 41.1 Å². The van der Waals surface area contributed by atoms with E-state index in [1.807, 2.05) is 7.05 Å². The maximum atomic E-state index is 10.7. The first-order valence-electron chi connectivity index (χ1n) is 4.44. The van der Waals surface area contributed by atoms with Gasteiger partial charge in [0.2, 0.25) is 5.43 Å². The number of unbranched alkanes of at least 4 members (excludes halogenated alkanes) is 1. The molecule has 0 saturated heterocycles. The predicted octanol–water partition coefficient (Wildman–Crippen LogP) is 1.06. The van der Waals surface area contributed by atoms with E-state index in [9.17, 15) is 4.79 Å². The fraction of sp³-hybridized carbons (Fsp3) is 0.556. The maximum Gasteiger partial charge on any atom is 0.200 e. The molecule has 0 amide bonds. The van der Waals surface area contributed by atoms with Crippen LogP contribution in [0.25, 0.3) is 0 Å². The first-order valence-corrected chi connectivity index (χ1v) is 4.85. The molecule has 0 aliphatic carbocycles. The number of hydrogen-bond donors (Lipinski definition) is 2. The molecule has 0 bridgehead atoms. The summed E-state index contributed by atoms with van der Waals surface area (Å²) in [6.45, 7) is 1.92. The maximum absolute atomic E-state index is 10.7. The van der Waals surface area contributed by atoms with Gasteiger partial charge in [0, 0.05) is 12.6 Å². The Labute approximate surface area is 82.9 Å². The van der Waals surface area contributed by atoms with E-state index in [1.165, 1.54) is 0 Å². The van der Waals surface area contributed by atoms with Crippen LogP contribution in [0.4, 0.5) is 5.69 Å². The van der Waals surface area contributed by atoms with Crippen LogP contribution >= 0.6 is 12.2 Å². The summed E-state index contributed by atoms with van der Waals surface area (Å²) < 4.78 is 0.452. The van der Waals surface area contributed by atoms with Crippen molar-refractivity contribution in [1.29, 1.82) is 0 Å². The molecule has 0 saturated carbocycles. The summed E-state index contributed by atoms with van der Waals surface area (Å²) in [7, 11) is 1.94. The average Bonchev–Trinajstić information content (AvgIpc) is 2.15. The van der Waals surface area contributed by atoms with Gasteiger partial charge in [-0.15, -0.1) is 0 Å². The van der Waals surface area contributed by atoms with E-state index in [-0.39, 0.29) is 5.43 Å². The molecule has 2 N–H and O–H groups in total. The van der Waals surface area contributed by atoms with E-state index in [1.54, 1.807) is 6.07 Å². The van der Waals surface area contributed by atoms with Crippen molar-refractivity contribution >= 4 is 17.9 Å². The monoisotopic (exact) mass is 198 g/mol. The molecule has 0 aliphatic heterocycles. The highest BCUT2D eigenvalue weighted by atomic mass is 32.1. The lowest BCUT2D eigenvalue weighted by molar-refractivity contribution is 0.694. The summed E-state index contributed by atoms with van der Waals surface area (Å²) in [5.74, 6) is 0. The summed E-state index contributed by atoms with van der Waals surface area (Å²) >= 11 is 4.84. The largest absolute Gasteiger partial charge is 0.384 e. The van der Waals surface area contributed by atoms with Gasteiger partial charge in [-0.05, 0) is 26.4 Å². The zero-order valence-electron chi connectivity index (χ0n) is 7.72. The van der Waals surface area contributed by atoms with Gasteiger partial charge in [0.25, 0.3) is 0 Å². The fourth-order valence-electron chi connectivity index (χ4n) is 1.10. The minimum atomic E-state index is -0.0206. The number of nitrogens with one attached hydrogen (secondary N) is 2. The first kappa shape index (κ1) is 10.3. The van der Waals surface area contributed by atoms with E-state index >= 15 is 0 Å². The molecule has 1 rings (SSSR count). The van der Waals surface area contributed by atoms with Crippen molar-refractivity contribution in [3.8, 4) is 0 Å². The van der Waals surface area contributed by atoms with Gasteiger partial charge in [0.1, 0.15) is 4.51 Å². The van der Waals surface area contributed by atoms with E-state index in [2.05, 4.69) is 10.6 Å². The highest BCUT2D eigenvalue weighted by molar-refractivity contribution is 7.71. The molecule has 0 aromatic heterocycles. The van der Waals surface area contributed by atoms with Crippen molar-refractivity contribution in [2.75, 3.05) is 25.5 Å². The summed E-state index contributed by atoms with van der Waals surface area (Å²) in [4.78, 5) is 10.7. The Kier molecular flexibility index (Phi) is 4.05. The second-order valence-corrected chi connectivity index (χ2v) is 3.40. The summed E-state index contributed by atoms with van der Waals surface area (Å²) in [6.07, 6.45) is 2.23. The van der Waals surface area contributed by atoms with E-state index in [0.29, 0.717) is 4.51 Å². The Morgan fingerprint density at radius 3 is 2.62 bits per heavy atom. The van der Waals surface area contributed by atoms with Crippen LogP contribution in [-0.2, 0) is 0 Å². The molecule has 13 heavy (non-hydrogen) atoms. The predicted molar refractivity (Wildman–Crippen MR) is 57.6 cm³/mol. The molecule has 0 fully saturated rings. The van der Waals surface area contributed by atoms with Crippen molar-refractivity contribution < 1.29 is 0 Å². The molecule has 0 atom stereocenters. The highest BCUT2D eigenvalue weighted by Crippen LogP contribution is 2.07. The zero-order valence-corrected chi connectivity index (χ0v) is 8.54. The lowest BCUT2D eigenvalue weighted by Gasteiger charge is -2.07. The number of rotatable bonds is 6. The molecule has 0 aliphatic rings. The van der Waals surface area contributed by atoms with Gasteiger partial charge in [-0.3, -0.25) is 4.79 Å². The molecule has 1 aromatic rings. The van der Waals surface area contributed by atoms with Crippen LogP contribution in [0.15, 0.2) is 10.9 Å². The Morgan fingerprint density at radius 1 is 1.38 bits per heavy atom. The van der Waals surface area contributed by atoms with Gasteiger partial charge in [-0.25, -0.2) is 0 Å². The minimum absolute atomic E-state index is 0.0206. The van der Waals surface area contributed by atoms with Crippen LogP contribution < -0.4 is 16.1 Å². The van der Waals surface area contributed by atoms with Crippen LogP contribution in [0.2, 0.25) is 0 Å². The second kappa shape index (κ2) is 5.09. The molecule has 72 valence electrons. The van der Waals surface area contributed by atoms with Crippen molar-refractivity contribution in [3.63, 3.8) is 0 Å². The molecule has 1 aromatic carbocycles. The van der Waals surface area contributed by atoms with Crippen LogP contribution in [0, 0.1) is 4.51 Å². The third kappa shape index (κ3) is 2.90. The lowest BCUT2D eigenvalue weighted by atomic mass is 10.2. The number of hydrogen-bond acceptors (Lipinski definition) is 4. The summed E-state index contributed by atoms with van der Waals surface area (Å²) in [5, 5.41) is 6.21. The second-order valence-electron chi connectivity index (χ2n) is 2.99. The molecule has 0 unspecified atom stereocenters. The molecular formula is C9H14N2OS. The van der Waals surface area contributed by atoms with Crippen LogP contribution in [0.3, 0.4) is 0 Å². The average molecular weight is 198 g/mol. The van der Waals surface area contributed by atoms with Crippen molar-refractivity contribution in [3.05, 3.63) is 20.8 Å².